The summed E-state index contributed by atoms with van der Waals surface area (Å²) in [6.45, 7) is 8.57. The van der Waals surface area contributed by atoms with E-state index in [-0.39, 0.29) is 22.6 Å². The van der Waals surface area contributed by atoms with E-state index >= 15 is 0 Å². The van der Waals surface area contributed by atoms with Crippen LogP contribution in [0.2, 0.25) is 0 Å². The molecule has 1 aromatic heterocycles. The second-order valence-corrected chi connectivity index (χ2v) is 4.69. The average molecular weight is 240 g/mol. The third-order valence-corrected chi connectivity index (χ3v) is 2.59. The lowest BCUT2D eigenvalue weighted by molar-refractivity contribution is -0.393. The summed E-state index contributed by atoms with van der Waals surface area (Å²) in [5, 5.41) is 11.2. The maximum Gasteiger partial charge on any atom is 0.346 e. The van der Waals surface area contributed by atoms with Gasteiger partial charge in [-0.25, -0.2) is 9.55 Å². The smallest absolute Gasteiger partial charge is 0.346 e. The van der Waals surface area contributed by atoms with Crippen molar-refractivity contribution in [1.29, 1.82) is 0 Å². The van der Waals surface area contributed by atoms with E-state index < -0.39 is 0 Å². The van der Waals surface area contributed by atoms with Gasteiger partial charge in [0.1, 0.15) is 12.2 Å². The number of nitrogens with two attached hydrogens (primary N) is 1. The van der Waals surface area contributed by atoms with E-state index in [2.05, 4.69) is 4.98 Å². The Balaban J connectivity index is 3.43. The number of hydrogen-bond donors (Lipinski definition) is 1. The number of imidazole rings is 1. The van der Waals surface area contributed by atoms with Gasteiger partial charge >= 0.3 is 5.82 Å². The molecule has 0 bridgehead atoms. The topological polar surface area (TPSA) is 87.0 Å². The molecule has 0 saturated carbocycles. The molecule has 0 saturated heterocycles. The zero-order valence-corrected chi connectivity index (χ0v) is 10.8. The van der Waals surface area contributed by atoms with Gasteiger partial charge in [0, 0.05) is 18.4 Å². The Morgan fingerprint density at radius 2 is 1.94 bits per heavy atom. The Morgan fingerprint density at radius 1 is 1.35 bits per heavy atom. The molecule has 96 valence electrons. The molecule has 0 aliphatic heterocycles. The van der Waals surface area contributed by atoms with E-state index in [0.717, 1.165) is 5.82 Å². The van der Waals surface area contributed by atoms with Crippen LogP contribution in [0.1, 0.15) is 51.0 Å². The fourth-order valence-corrected chi connectivity index (χ4v) is 1.85. The molecule has 0 aromatic carbocycles. The first-order valence-electron chi connectivity index (χ1n) is 5.84. The number of nitro groups is 1. The maximum atomic E-state index is 11.2. The van der Waals surface area contributed by atoms with Gasteiger partial charge in [0.15, 0.2) is 5.82 Å². The van der Waals surface area contributed by atoms with Crippen molar-refractivity contribution in [3.8, 4) is 0 Å². The monoisotopic (exact) mass is 240 g/mol. The summed E-state index contributed by atoms with van der Waals surface area (Å²) >= 11 is 0. The summed E-state index contributed by atoms with van der Waals surface area (Å²) in [5.41, 5.74) is 6.06. The Morgan fingerprint density at radius 3 is 2.29 bits per heavy atom. The van der Waals surface area contributed by atoms with Crippen LogP contribution >= 0.6 is 0 Å². The summed E-state index contributed by atoms with van der Waals surface area (Å²) < 4.78 is 1.64. The van der Waals surface area contributed by atoms with Crippen molar-refractivity contribution in [3.63, 3.8) is 0 Å². The van der Waals surface area contributed by atoms with E-state index in [1.165, 1.54) is 0 Å². The van der Waals surface area contributed by atoms with Gasteiger partial charge in [-0.1, -0.05) is 27.7 Å². The van der Waals surface area contributed by atoms with Gasteiger partial charge in [-0.15, -0.1) is 0 Å². The Kier molecular flexibility index (Phi) is 4.22. The lowest BCUT2D eigenvalue weighted by Gasteiger charge is -2.05. The highest BCUT2D eigenvalue weighted by atomic mass is 16.6. The predicted octanol–water partition coefficient (Wildman–Crippen LogP) is 2.00. The SMILES string of the molecule is CC(C)c1nc(C(C)C)n(CCN)c1[N+](=O)[O-]. The first-order chi connectivity index (χ1) is 7.90. The molecule has 6 heteroatoms. The zero-order chi connectivity index (χ0) is 13.2. The van der Waals surface area contributed by atoms with Crippen LogP contribution in [0.3, 0.4) is 0 Å². The Bertz CT molecular complexity index is 410. The third-order valence-electron chi connectivity index (χ3n) is 2.59. The molecular weight excluding hydrogens is 220 g/mol. The van der Waals surface area contributed by atoms with E-state index in [0.29, 0.717) is 18.8 Å². The number of aromatic nitrogens is 2. The number of hydrogen-bond acceptors (Lipinski definition) is 4. The van der Waals surface area contributed by atoms with Crippen molar-refractivity contribution in [1.82, 2.24) is 9.55 Å². The Hall–Kier alpha value is -1.43. The summed E-state index contributed by atoms with van der Waals surface area (Å²) in [7, 11) is 0. The molecule has 0 amide bonds. The summed E-state index contributed by atoms with van der Waals surface area (Å²) in [6.07, 6.45) is 0. The highest BCUT2D eigenvalue weighted by Crippen LogP contribution is 2.29. The highest BCUT2D eigenvalue weighted by molar-refractivity contribution is 5.34. The second kappa shape index (κ2) is 5.27. The van der Waals surface area contributed by atoms with Crippen LogP contribution in [0.25, 0.3) is 0 Å². The maximum absolute atomic E-state index is 11.2. The lowest BCUT2D eigenvalue weighted by atomic mass is 10.1. The van der Waals surface area contributed by atoms with Gasteiger partial charge in [0.2, 0.25) is 0 Å². The zero-order valence-electron chi connectivity index (χ0n) is 10.8. The minimum absolute atomic E-state index is 0.0342. The van der Waals surface area contributed by atoms with Crippen molar-refractivity contribution in [3.05, 3.63) is 21.6 Å². The molecule has 1 rings (SSSR count). The van der Waals surface area contributed by atoms with Crippen LogP contribution in [-0.4, -0.2) is 21.0 Å². The van der Waals surface area contributed by atoms with Crippen LogP contribution in [0.4, 0.5) is 5.82 Å². The molecule has 17 heavy (non-hydrogen) atoms. The van der Waals surface area contributed by atoms with E-state index in [4.69, 9.17) is 5.73 Å². The fraction of sp³-hybridized carbons (Fsp3) is 0.727. The largest absolute Gasteiger partial charge is 0.358 e. The van der Waals surface area contributed by atoms with E-state index in [9.17, 15) is 10.1 Å². The molecule has 0 aliphatic rings. The first kappa shape index (κ1) is 13.6. The van der Waals surface area contributed by atoms with Gasteiger partial charge in [-0.05, 0) is 4.92 Å². The summed E-state index contributed by atoms with van der Waals surface area (Å²) in [6, 6.07) is 0. The number of rotatable bonds is 5. The fourth-order valence-electron chi connectivity index (χ4n) is 1.85. The van der Waals surface area contributed by atoms with Crippen LogP contribution in [0.15, 0.2) is 0 Å². The van der Waals surface area contributed by atoms with Crippen molar-refractivity contribution < 1.29 is 4.92 Å². The van der Waals surface area contributed by atoms with Crippen LogP contribution in [0.5, 0.6) is 0 Å². The Labute approximate surface area is 101 Å². The standard InChI is InChI=1S/C11H20N4O2/c1-7(2)9-11(15(16)17)14(6-5-12)10(13-9)8(3)4/h7-8H,5-6,12H2,1-4H3. The molecule has 6 nitrogen and oxygen atoms in total. The molecule has 0 aliphatic carbocycles. The van der Waals surface area contributed by atoms with Gasteiger partial charge in [0.05, 0.1) is 0 Å². The quantitative estimate of drug-likeness (QED) is 0.629. The summed E-state index contributed by atoms with van der Waals surface area (Å²) in [4.78, 5) is 15.2. The van der Waals surface area contributed by atoms with Crippen LogP contribution in [-0.2, 0) is 6.54 Å². The van der Waals surface area contributed by atoms with Crippen molar-refractivity contribution >= 4 is 5.82 Å². The van der Waals surface area contributed by atoms with Crippen molar-refractivity contribution in [2.75, 3.05) is 6.54 Å². The number of nitrogens with zero attached hydrogens (tertiary/aromatic N) is 3. The molecule has 0 radical (unpaired) electrons. The molecule has 1 aromatic rings. The minimum Gasteiger partial charge on any atom is -0.358 e. The molecule has 0 unspecified atom stereocenters. The van der Waals surface area contributed by atoms with Crippen LogP contribution < -0.4 is 5.73 Å². The molecule has 2 N–H and O–H groups in total. The van der Waals surface area contributed by atoms with Gasteiger partial charge in [-0.3, -0.25) is 0 Å². The lowest BCUT2D eigenvalue weighted by Crippen LogP contribution is -2.15. The van der Waals surface area contributed by atoms with Crippen LogP contribution in [0, 0.1) is 10.1 Å². The molecule has 0 fully saturated rings. The molecule has 0 atom stereocenters. The highest BCUT2D eigenvalue weighted by Gasteiger charge is 2.29. The predicted molar refractivity (Wildman–Crippen MR) is 66.1 cm³/mol. The van der Waals surface area contributed by atoms with E-state index in [1.807, 2.05) is 27.7 Å². The summed E-state index contributed by atoms with van der Waals surface area (Å²) in [5.74, 6) is 1.01. The van der Waals surface area contributed by atoms with Crippen molar-refractivity contribution in [2.45, 2.75) is 46.1 Å². The molecule has 1 heterocycles. The average Bonchev–Trinajstić information content (AvgIpc) is 2.57. The van der Waals surface area contributed by atoms with Gasteiger partial charge < -0.3 is 15.8 Å². The van der Waals surface area contributed by atoms with Gasteiger partial charge in [0.25, 0.3) is 0 Å². The first-order valence-corrected chi connectivity index (χ1v) is 5.84. The normalized spacial score (nSPS) is 11.5. The second-order valence-electron chi connectivity index (χ2n) is 4.69. The van der Waals surface area contributed by atoms with Crippen molar-refractivity contribution in [2.24, 2.45) is 5.73 Å². The molecular formula is C11H20N4O2. The van der Waals surface area contributed by atoms with E-state index in [1.54, 1.807) is 4.57 Å². The minimum atomic E-state index is -0.357. The molecule has 0 spiro atoms. The third kappa shape index (κ3) is 2.63. The van der Waals surface area contributed by atoms with Gasteiger partial charge in [-0.2, -0.15) is 0 Å².